The molecule has 0 saturated carbocycles. The van der Waals surface area contributed by atoms with E-state index in [4.69, 9.17) is 0 Å². The second-order valence-electron chi connectivity index (χ2n) is 6.56. The normalized spacial score (nSPS) is 18.0. The summed E-state index contributed by atoms with van der Waals surface area (Å²) in [6, 6.07) is 7.64. The predicted molar refractivity (Wildman–Crippen MR) is 106 cm³/mol. The van der Waals surface area contributed by atoms with Gasteiger partial charge in [0.1, 0.15) is 0 Å². The van der Waals surface area contributed by atoms with Crippen molar-refractivity contribution in [2.45, 2.75) is 20.8 Å². The van der Waals surface area contributed by atoms with Crippen LogP contribution < -0.4 is 0 Å². The van der Waals surface area contributed by atoms with E-state index in [1.165, 1.54) is 0 Å². The molecular formula is C18H15BBr2F2N2. The van der Waals surface area contributed by atoms with Crippen LogP contribution in [-0.4, -0.2) is 20.6 Å². The smallest absolute Gasteiger partial charge is 0.389 e. The summed E-state index contributed by atoms with van der Waals surface area (Å²) < 4.78 is 33.4. The average Bonchev–Trinajstić information content (AvgIpc) is 3.06. The number of aryl methyl sites for hydroxylation is 3. The second kappa shape index (κ2) is 5.51. The standard InChI is InChI=1S/C18H15BBr2F2N2/c1-10-8-11(2)17(12(3)9-10)18-13-4-6-15(20)24(13)19(22,23)25-14(18)5-7-16(25)21/h4-9H,1-3H3. The molecule has 7 heteroatoms. The summed E-state index contributed by atoms with van der Waals surface area (Å²) in [6.07, 6.45) is 3.45. The van der Waals surface area contributed by atoms with E-state index < -0.39 is 6.97 Å². The summed E-state index contributed by atoms with van der Waals surface area (Å²) in [5.41, 5.74) is 6.23. The third-order valence-corrected chi connectivity index (χ3v) is 6.09. The summed E-state index contributed by atoms with van der Waals surface area (Å²) >= 11 is 6.60. The van der Waals surface area contributed by atoms with Gasteiger partial charge in [-0.05, 0) is 65.5 Å². The lowest BCUT2D eigenvalue weighted by Gasteiger charge is -2.33. The molecule has 0 bridgehead atoms. The first-order valence-corrected chi connectivity index (χ1v) is 9.54. The number of hydrogen-bond donors (Lipinski definition) is 0. The highest BCUT2D eigenvalue weighted by Gasteiger charge is 2.54. The molecule has 0 unspecified atom stereocenters. The fourth-order valence-corrected chi connectivity index (χ4v) is 5.10. The zero-order valence-electron chi connectivity index (χ0n) is 13.9. The van der Waals surface area contributed by atoms with Crippen LogP contribution in [0.25, 0.3) is 5.57 Å². The highest BCUT2D eigenvalue weighted by Crippen LogP contribution is 2.43. The van der Waals surface area contributed by atoms with Gasteiger partial charge in [-0.1, -0.05) is 17.7 Å². The van der Waals surface area contributed by atoms with Crippen LogP contribution in [0.1, 0.15) is 27.9 Å². The molecule has 2 aliphatic rings. The van der Waals surface area contributed by atoms with Gasteiger partial charge >= 0.3 is 6.97 Å². The van der Waals surface area contributed by atoms with E-state index in [1.807, 2.05) is 20.8 Å². The number of aromatic nitrogens is 1. The molecule has 128 valence electrons. The van der Waals surface area contributed by atoms with Crippen molar-refractivity contribution in [1.82, 2.24) is 4.48 Å². The molecule has 0 fully saturated rings. The molecule has 2 aliphatic heterocycles. The summed E-state index contributed by atoms with van der Waals surface area (Å²) in [5.74, 6) is 0. The Morgan fingerprint density at radius 3 is 2.28 bits per heavy atom. The summed E-state index contributed by atoms with van der Waals surface area (Å²) in [5, 5.41) is 0. The minimum atomic E-state index is -3.97. The van der Waals surface area contributed by atoms with Gasteiger partial charge in [-0.2, -0.15) is 0 Å². The van der Waals surface area contributed by atoms with Crippen LogP contribution in [0.5, 0.6) is 0 Å². The van der Waals surface area contributed by atoms with Crippen molar-refractivity contribution >= 4 is 49.0 Å². The lowest BCUT2D eigenvalue weighted by molar-refractivity contribution is -0.358. The van der Waals surface area contributed by atoms with Gasteiger partial charge in [0, 0.05) is 33.8 Å². The molecule has 4 rings (SSSR count). The quantitative estimate of drug-likeness (QED) is 0.486. The molecular weight excluding hydrogens is 453 g/mol. The maximum atomic E-state index is 15.2. The largest absolute Gasteiger partial charge is 0.738 e. The molecule has 2 aromatic rings. The van der Waals surface area contributed by atoms with Gasteiger partial charge in [-0.15, -0.1) is 0 Å². The molecule has 1 aromatic heterocycles. The first-order chi connectivity index (χ1) is 11.7. The Hall–Kier alpha value is -1.47. The number of benzene rings is 1. The maximum Gasteiger partial charge on any atom is 0.738 e. The first-order valence-electron chi connectivity index (χ1n) is 7.95. The van der Waals surface area contributed by atoms with E-state index in [-0.39, 0.29) is 0 Å². The topological polar surface area (TPSA) is 7.94 Å². The fourth-order valence-electron chi connectivity index (χ4n) is 3.96. The third kappa shape index (κ3) is 2.28. The number of fused-ring (bicyclic) bond motifs is 2. The molecule has 0 atom stereocenters. The third-order valence-electron chi connectivity index (χ3n) is 4.80. The number of halogens is 4. The highest BCUT2D eigenvalue weighted by atomic mass is 79.9. The number of rotatable bonds is 1. The van der Waals surface area contributed by atoms with Crippen molar-refractivity contribution in [2.75, 3.05) is 0 Å². The summed E-state index contributed by atoms with van der Waals surface area (Å²) in [6.45, 7) is 2.14. The summed E-state index contributed by atoms with van der Waals surface area (Å²) in [7, 11) is 0. The van der Waals surface area contributed by atoms with Gasteiger partial charge in [-0.3, -0.25) is 0 Å². The van der Waals surface area contributed by atoms with Crippen LogP contribution in [-0.2, 0) is 0 Å². The van der Waals surface area contributed by atoms with Crippen LogP contribution in [0.3, 0.4) is 0 Å². The first kappa shape index (κ1) is 17.0. The Kier molecular flexibility index (Phi) is 3.74. The molecule has 2 nitrogen and oxygen atoms in total. The van der Waals surface area contributed by atoms with E-state index in [9.17, 15) is 0 Å². The maximum absolute atomic E-state index is 15.2. The molecule has 0 spiro atoms. The Morgan fingerprint density at radius 1 is 1.00 bits per heavy atom. The van der Waals surface area contributed by atoms with Crippen LogP contribution in [0.4, 0.5) is 8.63 Å². The Bertz CT molecular complexity index is 1010. The van der Waals surface area contributed by atoms with Crippen molar-refractivity contribution < 1.29 is 13.1 Å². The minimum Gasteiger partial charge on any atom is -0.389 e. The van der Waals surface area contributed by atoms with E-state index in [0.717, 1.165) is 36.8 Å². The van der Waals surface area contributed by atoms with Gasteiger partial charge in [0.15, 0.2) is 5.70 Å². The van der Waals surface area contributed by atoms with E-state index in [1.54, 1.807) is 24.3 Å². The minimum absolute atomic E-state index is 0.374. The predicted octanol–water partition coefficient (Wildman–Crippen LogP) is 5.55. The molecule has 1 aromatic carbocycles. The van der Waals surface area contributed by atoms with Gasteiger partial charge in [0.05, 0.1) is 10.2 Å². The fraction of sp³-hybridized carbons (Fsp3) is 0.167. The van der Waals surface area contributed by atoms with Crippen molar-refractivity contribution in [3.8, 4) is 0 Å². The zero-order chi connectivity index (χ0) is 18.1. The monoisotopic (exact) mass is 466 g/mol. The Balaban J connectivity index is 2.16. The second-order valence-corrected chi connectivity index (χ2v) is 8.18. The number of hydrogen-bond acceptors (Lipinski definition) is 0. The van der Waals surface area contributed by atoms with Crippen molar-refractivity contribution in [3.05, 3.63) is 74.7 Å². The van der Waals surface area contributed by atoms with Crippen molar-refractivity contribution in [3.63, 3.8) is 0 Å². The molecule has 0 radical (unpaired) electrons. The van der Waals surface area contributed by atoms with Crippen LogP contribution in [0.2, 0.25) is 0 Å². The lowest BCUT2D eigenvalue weighted by Crippen LogP contribution is -2.50. The van der Waals surface area contributed by atoms with E-state index in [0.29, 0.717) is 20.6 Å². The molecule has 0 aliphatic carbocycles. The SMILES string of the molecule is Cc1cc(C)c(C2=C3C=CC(Br)=[N+]3[B-](F)(F)n3c(Br)ccc32)c(C)c1. The van der Waals surface area contributed by atoms with Crippen molar-refractivity contribution in [2.24, 2.45) is 0 Å². The highest BCUT2D eigenvalue weighted by molar-refractivity contribution is 9.18. The van der Waals surface area contributed by atoms with Gasteiger partial charge in [-0.25, -0.2) is 0 Å². The Morgan fingerprint density at radius 2 is 1.64 bits per heavy atom. The number of nitrogens with zero attached hydrogens (tertiary/aromatic N) is 2. The molecule has 25 heavy (non-hydrogen) atoms. The molecule has 0 N–H and O–H groups in total. The van der Waals surface area contributed by atoms with Crippen LogP contribution >= 0.6 is 31.9 Å². The average molecular weight is 468 g/mol. The number of allylic oxidation sites excluding steroid dienone is 2. The molecule has 0 amide bonds. The molecule has 0 saturated heterocycles. The zero-order valence-corrected chi connectivity index (χ0v) is 17.1. The van der Waals surface area contributed by atoms with Gasteiger partial charge in [0.2, 0.25) is 4.62 Å². The lowest BCUT2D eigenvalue weighted by atomic mass is 9.83. The van der Waals surface area contributed by atoms with E-state index in [2.05, 4.69) is 44.0 Å². The van der Waals surface area contributed by atoms with Gasteiger partial charge < -0.3 is 17.6 Å². The van der Waals surface area contributed by atoms with E-state index >= 15 is 8.63 Å². The van der Waals surface area contributed by atoms with Crippen molar-refractivity contribution in [1.29, 1.82) is 0 Å². The van der Waals surface area contributed by atoms with Gasteiger partial charge in [0.25, 0.3) is 0 Å². The summed E-state index contributed by atoms with van der Waals surface area (Å²) in [4.78, 5) is 0. The van der Waals surface area contributed by atoms with Crippen LogP contribution in [0, 0.1) is 20.8 Å². The molecule has 3 heterocycles. The Labute approximate surface area is 161 Å². The van der Waals surface area contributed by atoms with Crippen LogP contribution in [0.15, 0.2) is 46.7 Å².